The molecule has 0 unspecified atom stereocenters. The summed E-state index contributed by atoms with van der Waals surface area (Å²) in [7, 11) is 0. The van der Waals surface area contributed by atoms with Crippen LogP contribution in [0.25, 0.3) is 22.8 Å². The molecule has 1 amide bonds. The lowest BCUT2D eigenvalue weighted by molar-refractivity contribution is 0.102. The Balaban J connectivity index is 1.50. The van der Waals surface area contributed by atoms with Crippen LogP contribution in [-0.2, 0) is 0 Å². The second-order valence-corrected chi connectivity index (χ2v) is 5.56. The lowest BCUT2D eigenvalue weighted by Gasteiger charge is -2.05. The van der Waals surface area contributed by atoms with Crippen LogP contribution in [0.3, 0.4) is 0 Å². The van der Waals surface area contributed by atoms with Crippen molar-refractivity contribution in [2.45, 2.75) is 0 Å². The van der Waals surface area contributed by atoms with Crippen LogP contribution >= 0.6 is 0 Å². The van der Waals surface area contributed by atoms with Crippen molar-refractivity contribution in [1.82, 2.24) is 15.1 Å². The van der Waals surface area contributed by atoms with Crippen molar-refractivity contribution < 1.29 is 9.32 Å². The maximum atomic E-state index is 12.1. The topological polar surface area (TPSA) is 80.9 Å². The van der Waals surface area contributed by atoms with E-state index in [0.717, 1.165) is 11.1 Å². The minimum absolute atomic E-state index is 0.213. The number of pyridine rings is 1. The molecule has 0 aliphatic rings. The fraction of sp³-hybridized carbons (Fsp3) is 0. The number of carbonyl (C=O) groups is 1. The Hall–Kier alpha value is -3.80. The van der Waals surface area contributed by atoms with Gasteiger partial charge in [0.25, 0.3) is 11.8 Å². The Morgan fingerprint density at radius 2 is 1.69 bits per heavy atom. The van der Waals surface area contributed by atoms with Gasteiger partial charge in [0.2, 0.25) is 5.82 Å². The number of nitrogens with zero attached hydrogens (tertiary/aromatic N) is 3. The predicted octanol–water partition coefficient (Wildman–Crippen LogP) is 4.05. The van der Waals surface area contributed by atoms with Crippen molar-refractivity contribution >= 4 is 11.6 Å². The third-order valence-corrected chi connectivity index (χ3v) is 3.77. The van der Waals surface area contributed by atoms with E-state index in [1.165, 1.54) is 6.20 Å². The molecule has 2 aromatic heterocycles. The van der Waals surface area contributed by atoms with Gasteiger partial charge in [-0.2, -0.15) is 4.98 Å². The first-order chi connectivity index (χ1) is 12.8. The average Bonchev–Trinajstić information content (AvgIpc) is 3.20. The molecule has 26 heavy (non-hydrogen) atoms. The standard InChI is InChI=1S/C20H14N4O2/c25-19(16-7-4-12-21-13-16)22-17-10-8-15(9-11-17)20-23-18(24-26-20)14-5-2-1-3-6-14/h1-13H,(H,22,25). The van der Waals surface area contributed by atoms with Crippen molar-refractivity contribution in [2.75, 3.05) is 5.32 Å². The van der Waals surface area contributed by atoms with Gasteiger partial charge in [-0.25, -0.2) is 0 Å². The Morgan fingerprint density at radius 3 is 2.42 bits per heavy atom. The highest BCUT2D eigenvalue weighted by atomic mass is 16.5. The summed E-state index contributed by atoms with van der Waals surface area (Å²) < 4.78 is 5.34. The van der Waals surface area contributed by atoms with Gasteiger partial charge in [-0.1, -0.05) is 35.5 Å². The maximum Gasteiger partial charge on any atom is 0.258 e. The molecule has 0 fully saturated rings. The van der Waals surface area contributed by atoms with E-state index in [1.807, 2.05) is 42.5 Å². The highest BCUT2D eigenvalue weighted by Crippen LogP contribution is 2.23. The van der Waals surface area contributed by atoms with E-state index in [2.05, 4.69) is 20.4 Å². The molecular weight excluding hydrogens is 328 g/mol. The smallest absolute Gasteiger partial charge is 0.258 e. The third-order valence-electron chi connectivity index (χ3n) is 3.77. The van der Waals surface area contributed by atoms with Gasteiger partial charge in [-0.05, 0) is 36.4 Å². The molecule has 0 atom stereocenters. The van der Waals surface area contributed by atoms with E-state index in [9.17, 15) is 4.79 Å². The SMILES string of the molecule is O=C(Nc1ccc(-c2nc(-c3ccccc3)no2)cc1)c1cccnc1. The van der Waals surface area contributed by atoms with Crippen LogP contribution in [0.15, 0.2) is 83.6 Å². The van der Waals surface area contributed by atoms with Crippen LogP contribution in [0.5, 0.6) is 0 Å². The summed E-state index contributed by atoms with van der Waals surface area (Å²) in [6, 6.07) is 20.3. The molecule has 6 nitrogen and oxygen atoms in total. The fourth-order valence-corrected chi connectivity index (χ4v) is 2.44. The summed E-state index contributed by atoms with van der Waals surface area (Å²) in [6.07, 6.45) is 3.15. The van der Waals surface area contributed by atoms with Gasteiger partial charge in [-0.15, -0.1) is 0 Å². The van der Waals surface area contributed by atoms with Gasteiger partial charge in [0.05, 0.1) is 5.56 Å². The number of hydrogen-bond donors (Lipinski definition) is 1. The molecule has 0 spiro atoms. The summed E-state index contributed by atoms with van der Waals surface area (Å²) in [5.74, 6) is 0.749. The normalized spacial score (nSPS) is 10.5. The van der Waals surface area contributed by atoms with Crippen LogP contribution < -0.4 is 5.32 Å². The lowest BCUT2D eigenvalue weighted by atomic mass is 10.2. The largest absolute Gasteiger partial charge is 0.334 e. The van der Waals surface area contributed by atoms with Crippen LogP contribution in [-0.4, -0.2) is 21.0 Å². The summed E-state index contributed by atoms with van der Waals surface area (Å²) >= 11 is 0. The van der Waals surface area contributed by atoms with Crippen molar-refractivity contribution in [3.05, 3.63) is 84.7 Å². The second kappa shape index (κ2) is 6.98. The van der Waals surface area contributed by atoms with E-state index >= 15 is 0 Å². The number of carbonyl (C=O) groups excluding carboxylic acids is 1. The Kier molecular flexibility index (Phi) is 4.22. The zero-order chi connectivity index (χ0) is 17.8. The van der Waals surface area contributed by atoms with Gasteiger partial charge in [0.15, 0.2) is 0 Å². The van der Waals surface area contributed by atoms with E-state index in [0.29, 0.717) is 23.0 Å². The first-order valence-corrected chi connectivity index (χ1v) is 8.00. The minimum Gasteiger partial charge on any atom is -0.334 e. The molecule has 0 aliphatic heterocycles. The second-order valence-electron chi connectivity index (χ2n) is 5.56. The fourth-order valence-electron chi connectivity index (χ4n) is 2.44. The van der Waals surface area contributed by atoms with Gasteiger partial charge in [-0.3, -0.25) is 9.78 Å². The van der Waals surface area contributed by atoms with E-state index in [4.69, 9.17) is 4.52 Å². The Labute approximate surface area is 149 Å². The van der Waals surface area contributed by atoms with Crippen LogP contribution in [0.2, 0.25) is 0 Å². The number of hydrogen-bond acceptors (Lipinski definition) is 5. The minimum atomic E-state index is -0.213. The van der Waals surface area contributed by atoms with E-state index < -0.39 is 0 Å². The molecule has 4 aromatic rings. The molecule has 1 N–H and O–H groups in total. The number of anilines is 1. The lowest BCUT2D eigenvalue weighted by Crippen LogP contribution is -2.11. The molecule has 2 heterocycles. The molecule has 0 saturated heterocycles. The zero-order valence-electron chi connectivity index (χ0n) is 13.7. The van der Waals surface area contributed by atoms with Gasteiger partial charge in [0.1, 0.15) is 0 Å². The van der Waals surface area contributed by atoms with Crippen molar-refractivity contribution in [3.63, 3.8) is 0 Å². The summed E-state index contributed by atoms with van der Waals surface area (Å²) in [4.78, 5) is 20.5. The average molecular weight is 342 g/mol. The summed E-state index contributed by atoms with van der Waals surface area (Å²) in [5.41, 5.74) is 2.84. The number of rotatable bonds is 4. The van der Waals surface area contributed by atoms with Crippen LogP contribution in [0.1, 0.15) is 10.4 Å². The Morgan fingerprint density at radius 1 is 0.885 bits per heavy atom. The van der Waals surface area contributed by atoms with E-state index in [-0.39, 0.29) is 5.91 Å². The molecule has 0 saturated carbocycles. The number of aromatic nitrogens is 3. The monoisotopic (exact) mass is 342 g/mol. The van der Waals surface area contributed by atoms with Crippen molar-refractivity contribution in [3.8, 4) is 22.8 Å². The molecular formula is C20H14N4O2. The van der Waals surface area contributed by atoms with Gasteiger partial charge in [0, 0.05) is 29.2 Å². The molecule has 126 valence electrons. The van der Waals surface area contributed by atoms with E-state index in [1.54, 1.807) is 30.5 Å². The first-order valence-electron chi connectivity index (χ1n) is 8.00. The van der Waals surface area contributed by atoms with Crippen molar-refractivity contribution in [1.29, 1.82) is 0 Å². The highest BCUT2D eigenvalue weighted by molar-refractivity contribution is 6.04. The molecule has 6 heteroatoms. The molecule has 0 radical (unpaired) electrons. The van der Waals surface area contributed by atoms with Crippen molar-refractivity contribution in [2.24, 2.45) is 0 Å². The highest BCUT2D eigenvalue weighted by Gasteiger charge is 2.11. The van der Waals surface area contributed by atoms with Crippen LogP contribution in [0.4, 0.5) is 5.69 Å². The molecule has 0 aliphatic carbocycles. The molecule has 0 bridgehead atoms. The Bertz CT molecular complexity index is 1010. The quantitative estimate of drug-likeness (QED) is 0.605. The number of nitrogens with one attached hydrogen (secondary N) is 1. The van der Waals surface area contributed by atoms with Crippen LogP contribution in [0, 0.1) is 0 Å². The molecule has 2 aromatic carbocycles. The first kappa shape index (κ1) is 15.7. The number of benzene rings is 2. The summed E-state index contributed by atoms with van der Waals surface area (Å²) in [6.45, 7) is 0. The van der Waals surface area contributed by atoms with Gasteiger partial charge < -0.3 is 9.84 Å². The van der Waals surface area contributed by atoms with Gasteiger partial charge >= 0.3 is 0 Å². The maximum absolute atomic E-state index is 12.1. The molecule has 4 rings (SSSR count). The predicted molar refractivity (Wildman–Crippen MR) is 97.4 cm³/mol. The summed E-state index contributed by atoms with van der Waals surface area (Å²) in [5, 5.41) is 6.83. The number of amides is 1. The third kappa shape index (κ3) is 3.34. The zero-order valence-corrected chi connectivity index (χ0v) is 13.7.